The molecule has 25 heavy (non-hydrogen) atoms. The summed E-state index contributed by atoms with van der Waals surface area (Å²) in [6.45, 7) is 1.68. The van der Waals surface area contributed by atoms with Crippen LogP contribution in [0.15, 0.2) is 71.8 Å². The van der Waals surface area contributed by atoms with E-state index in [1.165, 1.54) is 6.21 Å². The van der Waals surface area contributed by atoms with Crippen LogP contribution in [-0.2, 0) is 4.79 Å². The molecule has 1 amide bonds. The molecule has 3 rings (SSSR count). The third-order valence-electron chi connectivity index (χ3n) is 3.64. The van der Waals surface area contributed by atoms with Crippen molar-refractivity contribution in [2.75, 3.05) is 0 Å². The van der Waals surface area contributed by atoms with E-state index in [4.69, 9.17) is 16.3 Å². The molecule has 0 saturated heterocycles. The largest absolute Gasteiger partial charge is 0.481 e. The molecule has 4 nitrogen and oxygen atoms in total. The lowest BCUT2D eigenvalue weighted by Gasteiger charge is -2.13. The van der Waals surface area contributed by atoms with Crippen LogP contribution in [0.25, 0.3) is 10.8 Å². The molecular formula is C20H17ClN2O2. The highest BCUT2D eigenvalue weighted by Gasteiger charge is 2.14. The second-order valence-electron chi connectivity index (χ2n) is 5.56. The van der Waals surface area contributed by atoms with Crippen LogP contribution in [0.4, 0.5) is 0 Å². The molecule has 1 N–H and O–H groups in total. The molecule has 0 bridgehead atoms. The van der Waals surface area contributed by atoms with Gasteiger partial charge in [-0.1, -0.05) is 54.1 Å². The highest BCUT2D eigenvalue weighted by molar-refractivity contribution is 6.30. The number of ether oxygens (including phenoxy) is 1. The van der Waals surface area contributed by atoms with Crippen LogP contribution >= 0.6 is 11.6 Å². The van der Waals surface area contributed by atoms with E-state index in [-0.39, 0.29) is 5.91 Å². The average molecular weight is 353 g/mol. The van der Waals surface area contributed by atoms with Crippen LogP contribution in [0.5, 0.6) is 5.75 Å². The quantitative estimate of drug-likeness (QED) is 0.546. The first-order chi connectivity index (χ1) is 12.1. The number of nitrogens with zero attached hydrogens (tertiary/aromatic N) is 1. The van der Waals surface area contributed by atoms with Crippen molar-refractivity contribution in [1.29, 1.82) is 0 Å². The normalized spacial score (nSPS) is 12.2. The number of carbonyl (C=O) groups is 1. The van der Waals surface area contributed by atoms with Crippen LogP contribution in [0.3, 0.4) is 0 Å². The van der Waals surface area contributed by atoms with Crippen molar-refractivity contribution in [3.05, 3.63) is 77.3 Å². The number of rotatable bonds is 5. The summed E-state index contributed by atoms with van der Waals surface area (Å²) in [6, 6.07) is 20.9. The molecule has 0 aromatic heterocycles. The molecule has 5 heteroatoms. The molecule has 0 unspecified atom stereocenters. The molecule has 0 saturated carbocycles. The van der Waals surface area contributed by atoms with E-state index >= 15 is 0 Å². The Hall–Kier alpha value is -2.85. The molecule has 126 valence electrons. The van der Waals surface area contributed by atoms with Crippen molar-refractivity contribution in [3.8, 4) is 5.75 Å². The number of hydrazone groups is 1. The Bertz CT molecular complexity index is 924. The van der Waals surface area contributed by atoms with E-state index < -0.39 is 6.10 Å². The Morgan fingerprint density at radius 1 is 1.08 bits per heavy atom. The van der Waals surface area contributed by atoms with Crippen LogP contribution in [-0.4, -0.2) is 18.2 Å². The monoisotopic (exact) mass is 352 g/mol. The van der Waals surface area contributed by atoms with Crippen LogP contribution in [0.1, 0.15) is 12.5 Å². The number of benzene rings is 3. The number of amides is 1. The van der Waals surface area contributed by atoms with Gasteiger partial charge in [0, 0.05) is 5.02 Å². The van der Waals surface area contributed by atoms with E-state index in [1.807, 2.05) is 54.6 Å². The third kappa shape index (κ3) is 4.58. The fourth-order valence-corrected chi connectivity index (χ4v) is 2.55. The minimum absolute atomic E-state index is 0.327. The van der Waals surface area contributed by atoms with Gasteiger partial charge in [-0.25, -0.2) is 5.43 Å². The zero-order chi connectivity index (χ0) is 17.6. The summed E-state index contributed by atoms with van der Waals surface area (Å²) < 4.78 is 5.70. The molecule has 0 heterocycles. The number of halogens is 1. The molecule has 0 aliphatic rings. The molecule has 1 atom stereocenters. The Morgan fingerprint density at radius 3 is 2.68 bits per heavy atom. The second kappa shape index (κ2) is 7.81. The van der Waals surface area contributed by atoms with E-state index in [0.29, 0.717) is 10.8 Å². The first kappa shape index (κ1) is 17.0. The lowest BCUT2D eigenvalue weighted by atomic mass is 10.1. The minimum atomic E-state index is -0.669. The van der Waals surface area contributed by atoms with Gasteiger partial charge in [-0.3, -0.25) is 4.79 Å². The fraction of sp³-hybridized carbons (Fsp3) is 0.100. The van der Waals surface area contributed by atoms with Gasteiger partial charge >= 0.3 is 0 Å². The minimum Gasteiger partial charge on any atom is -0.481 e. The van der Waals surface area contributed by atoms with Crippen LogP contribution in [0.2, 0.25) is 5.02 Å². The summed E-state index contributed by atoms with van der Waals surface area (Å²) in [5, 5.41) is 6.73. The highest BCUT2D eigenvalue weighted by Crippen LogP contribution is 2.21. The molecule has 0 fully saturated rings. The summed E-state index contributed by atoms with van der Waals surface area (Å²) in [5.41, 5.74) is 3.27. The van der Waals surface area contributed by atoms with E-state index in [0.717, 1.165) is 16.3 Å². The number of fused-ring (bicyclic) bond motifs is 1. The van der Waals surface area contributed by atoms with Gasteiger partial charge in [0.2, 0.25) is 0 Å². The number of nitrogens with one attached hydrogen (secondary N) is 1. The van der Waals surface area contributed by atoms with Crippen molar-refractivity contribution >= 4 is 34.5 Å². The van der Waals surface area contributed by atoms with Crippen LogP contribution < -0.4 is 10.2 Å². The van der Waals surface area contributed by atoms with Crippen LogP contribution in [0, 0.1) is 0 Å². The maximum absolute atomic E-state index is 12.1. The Labute approximate surface area is 151 Å². The second-order valence-corrected chi connectivity index (χ2v) is 5.99. The predicted molar refractivity (Wildman–Crippen MR) is 101 cm³/mol. The van der Waals surface area contributed by atoms with Gasteiger partial charge in [0.15, 0.2) is 6.10 Å². The first-order valence-electron chi connectivity index (χ1n) is 7.86. The third-order valence-corrected chi connectivity index (χ3v) is 3.88. The lowest BCUT2D eigenvalue weighted by molar-refractivity contribution is -0.127. The van der Waals surface area contributed by atoms with Crippen molar-refractivity contribution in [1.82, 2.24) is 5.43 Å². The molecule has 0 aliphatic heterocycles. The molecule has 0 aliphatic carbocycles. The summed E-state index contributed by atoms with van der Waals surface area (Å²) in [7, 11) is 0. The van der Waals surface area contributed by atoms with Gasteiger partial charge in [-0.05, 0) is 47.5 Å². The number of carbonyl (C=O) groups excluding carboxylic acids is 1. The van der Waals surface area contributed by atoms with Crippen molar-refractivity contribution in [3.63, 3.8) is 0 Å². The Balaban J connectivity index is 1.59. The predicted octanol–water partition coefficient (Wildman–Crippen LogP) is 4.41. The molecular weight excluding hydrogens is 336 g/mol. The Morgan fingerprint density at radius 2 is 1.88 bits per heavy atom. The topological polar surface area (TPSA) is 50.7 Å². The van der Waals surface area contributed by atoms with Gasteiger partial charge in [-0.15, -0.1) is 0 Å². The molecule has 0 radical (unpaired) electrons. The summed E-state index contributed by atoms with van der Waals surface area (Å²) in [4.78, 5) is 12.1. The summed E-state index contributed by atoms with van der Waals surface area (Å²) in [6.07, 6.45) is 0.865. The number of hydrogen-bond acceptors (Lipinski definition) is 3. The SMILES string of the molecule is C[C@H](Oc1ccc2ccccc2c1)C(=O)N/N=C\c1cccc(Cl)c1. The van der Waals surface area contributed by atoms with Gasteiger partial charge in [0.25, 0.3) is 5.91 Å². The zero-order valence-electron chi connectivity index (χ0n) is 13.6. The maximum atomic E-state index is 12.1. The lowest BCUT2D eigenvalue weighted by Crippen LogP contribution is -2.33. The van der Waals surface area contributed by atoms with Gasteiger partial charge in [-0.2, -0.15) is 5.10 Å². The summed E-state index contributed by atoms with van der Waals surface area (Å²) >= 11 is 5.90. The van der Waals surface area contributed by atoms with Gasteiger partial charge < -0.3 is 4.74 Å². The zero-order valence-corrected chi connectivity index (χ0v) is 14.4. The van der Waals surface area contributed by atoms with E-state index in [2.05, 4.69) is 10.5 Å². The van der Waals surface area contributed by atoms with E-state index in [9.17, 15) is 4.79 Å². The maximum Gasteiger partial charge on any atom is 0.280 e. The fourth-order valence-electron chi connectivity index (χ4n) is 2.35. The molecule has 3 aromatic rings. The highest BCUT2D eigenvalue weighted by atomic mass is 35.5. The number of hydrogen-bond donors (Lipinski definition) is 1. The average Bonchev–Trinajstić information content (AvgIpc) is 2.61. The molecule has 3 aromatic carbocycles. The van der Waals surface area contributed by atoms with E-state index in [1.54, 1.807) is 19.1 Å². The molecule has 0 spiro atoms. The van der Waals surface area contributed by atoms with Crippen molar-refractivity contribution in [2.45, 2.75) is 13.0 Å². The standard InChI is InChI=1S/C20H17ClN2O2/c1-14(20(24)23-22-13-15-5-4-8-18(21)11-15)25-19-10-9-16-6-2-3-7-17(16)12-19/h2-14H,1H3,(H,23,24)/b22-13-/t14-/m0/s1. The first-order valence-corrected chi connectivity index (χ1v) is 8.23. The van der Waals surface area contributed by atoms with Crippen molar-refractivity contribution < 1.29 is 9.53 Å². The smallest absolute Gasteiger partial charge is 0.280 e. The van der Waals surface area contributed by atoms with Gasteiger partial charge in [0.05, 0.1) is 6.21 Å². The Kier molecular flexibility index (Phi) is 5.31. The van der Waals surface area contributed by atoms with Crippen molar-refractivity contribution in [2.24, 2.45) is 5.10 Å². The van der Waals surface area contributed by atoms with Gasteiger partial charge in [0.1, 0.15) is 5.75 Å². The summed E-state index contributed by atoms with van der Waals surface area (Å²) in [5.74, 6) is 0.312.